The van der Waals surface area contributed by atoms with Crippen LogP contribution in [0.25, 0.3) is 0 Å². The Morgan fingerprint density at radius 2 is 2.19 bits per heavy atom. The standard InChI is InChI=1S/C18H26N4O4/c1-18(2,3)26-16(23)13-6-5-7-14-20-21(17(24)22(13)14)11-12-8-9-19-15(10-12)25-4/h8-10,13,16,23H,5-7,11H2,1-4H3. The zero-order chi connectivity index (χ0) is 18.9. The second-order valence-electron chi connectivity index (χ2n) is 7.51. The predicted octanol–water partition coefficient (Wildman–Crippen LogP) is 1.51. The summed E-state index contributed by atoms with van der Waals surface area (Å²) in [7, 11) is 1.55. The van der Waals surface area contributed by atoms with Crippen molar-refractivity contribution in [3.05, 3.63) is 40.2 Å². The van der Waals surface area contributed by atoms with E-state index in [9.17, 15) is 9.90 Å². The number of fused-ring (bicyclic) bond motifs is 1. The highest BCUT2D eigenvalue weighted by Crippen LogP contribution is 2.28. The third-order valence-corrected chi connectivity index (χ3v) is 4.32. The maximum Gasteiger partial charge on any atom is 0.346 e. The summed E-state index contributed by atoms with van der Waals surface area (Å²) in [4.78, 5) is 17.0. The molecule has 142 valence electrons. The molecule has 0 fully saturated rings. The van der Waals surface area contributed by atoms with E-state index in [1.165, 1.54) is 4.68 Å². The van der Waals surface area contributed by atoms with Gasteiger partial charge in [0.25, 0.3) is 0 Å². The molecule has 2 atom stereocenters. The van der Waals surface area contributed by atoms with Crippen molar-refractivity contribution in [2.75, 3.05) is 7.11 Å². The van der Waals surface area contributed by atoms with Crippen LogP contribution >= 0.6 is 0 Å². The van der Waals surface area contributed by atoms with Crippen molar-refractivity contribution in [1.29, 1.82) is 0 Å². The van der Waals surface area contributed by atoms with E-state index in [1.54, 1.807) is 23.9 Å². The van der Waals surface area contributed by atoms with Crippen molar-refractivity contribution >= 4 is 0 Å². The number of methoxy groups -OCH3 is 1. The highest BCUT2D eigenvalue weighted by atomic mass is 16.6. The number of aromatic nitrogens is 4. The summed E-state index contributed by atoms with van der Waals surface area (Å²) in [6.07, 6.45) is 2.83. The lowest BCUT2D eigenvalue weighted by molar-refractivity contribution is -0.190. The van der Waals surface area contributed by atoms with Gasteiger partial charge in [-0.05, 0) is 45.2 Å². The number of ether oxygens (including phenoxy) is 2. The number of hydrogen-bond acceptors (Lipinski definition) is 6. The normalized spacial score (nSPS) is 18.4. The van der Waals surface area contributed by atoms with E-state index in [1.807, 2.05) is 26.8 Å². The average Bonchev–Trinajstić information content (AvgIpc) is 2.89. The minimum Gasteiger partial charge on any atom is -0.481 e. The first-order valence-electron chi connectivity index (χ1n) is 8.81. The summed E-state index contributed by atoms with van der Waals surface area (Å²) in [5.41, 5.74) is 0.138. The molecule has 1 aliphatic heterocycles. The van der Waals surface area contributed by atoms with Crippen molar-refractivity contribution < 1.29 is 14.6 Å². The zero-order valence-electron chi connectivity index (χ0n) is 15.7. The number of rotatable bonds is 5. The average molecular weight is 362 g/mol. The van der Waals surface area contributed by atoms with Gasteiger partial charge in [-0.25, -0.2) is 14.5 Å². The Morgan fingerprint density at radius 1 is 1.42 bits per heavy atom. The fraction of sp³-hybridized carbons (Fsp3) is 0.611. The maximum absolute atomic E-state index is 12.9. The zero-order valence-corrected chi connectivity index (χ0v) is 15.7. The van der Waals surface area contributed by atoms with Crippen LogP contribution in [0, 0.1) is 0 Å². The molecule has 0 aromatic carbocycles. The molecule has 1 N–H and O–H groups in total. The van der Waals surface area contributed by atoms with Crippen LogP contribution in [0.5, 0.6) is 5.88 Å². The molecule has 0 aliphatic carbocycles. The summed E-state index contributed by atoms with van der Waals surface area (Å²) in [5, 5.41) is 15.0. The first kappa shape index (κ1) is 18.6. The lowest BCUT2D eigenvalue weighted by Gasteiger charge is -2.32. The van der Waals surface area contributed by atoms with E-state index >= 15 is 0 Å². The van der Waals surface area contributed by atoms with Crippen molar-refractivity contribution in [2.24, 2.45) is 0 Å². The summed E-state index contributed by atoms with van der Waals surface area (Å²) < 4.78 is 13.8. The van der Waals surface area contributed by atoms with E-state index in [-0.39, 0.29) is 5.69 Å². The van der Waals surface area contributed by atoms with Crippen LogP contribution in [0.4, 0.5) is 0 Å². The minimum atomic E-state index is -1.05. The van der Waals surface area contributed by atoms with Gasteiger partial charge in [-0.2, -0.15) is 5.10 Å². The van der Waals surface area contributed by atoms with Crippen molar-refractivity contribution in [2.45, 2.75) is 64.5 Å². The summed E-state index contributed by atoms with van der Waals surface area (Å²) in [5.74, 6) is 1.18. The van der Waals surface area contributed by atoms with Crippen LogP contribution in [0.15, 0.2) is 23.1 Å². The number of hydrogen-bond donors (Lipinski definition) is 1. The van der Waals surface area contributed by atoms with Gasteiger partial charge in [0.2, 0.25) is 5.88 Å². The number of aliphatic hydroxyl groups is 1. The minimum absolute atomic E-state index is 0.239. The molecular formula is C18H26N4O4. The molecular weight excluding hydrogens is 336 g/mol. The Balaban J connectivity index is 1.89. The molecule has 0 saturated carbocycles. The molecule has 0 bridgehead atoms. The lowest BCUT2D eigenvalue weighted by atomic mass is 10.0. The Labute approximate surface area is 152 Å². The number of pyridine rings is 1. The third-order valence-electron chi connectivity index (χ3n) is 4.32. The number of aryl methyl sites for hydroxylation is 1. The van der Waals surface area contributed by atoms with Crippen LogP contribution in [-0.4, -0.2) is 43.4 Å². The van der Waals surface area contributed by atoms with Crippen molar-refractivity contribution in [1.82, 2.24) is 19.3 Å². The van der Waals surface area contributed by atoms with Gasteiger partial charge in [0.05, 0.1) is 25.3 Å². The Bertz CT molecular complexity index is 821. The highest BCUT2D eigenvalue weighted by molar-refractivity contribution is 5.20. The second-order valence-corrected chi connectivity index (χ2v) is 7.51. The molecule has 1 aliphatic rings. The quantitative estimate of drug-likeness (QED) is 0.811. The summed E-state index contributed by atoms with van der Waals surface area (Å²) in [6.45, 7) is 5.95. The molecule has 3 heterocycles. The molecule has 0 saturated heterocycles. The molecule has 2 aromatic heterocycles. The summed E-state index contributed by atoms with van der Waals surface area (Å²) in [6, 6.07) is 3.17. The van der Waals surface area contributed by atoms with Gasteiger partial charge in [0.1, 0.15) is 5.82 Å². The molecule has 8 heteroatoms. The largest absolute Gasteiger partial charge is 0.481 e. The predicted molar refractivity (Wildman–Crippen MR) is 95.2 cm³/mol. The first-order valence-corrected chi connectivity index (χ1v) is 8.81. The molecule has 0 spiro atoms. The third kappa shape index (κ3) is 3.96. The molecule has 2 unspecified atom stereocenters. The van der Waals surface area contributed by atoms with E-state index in [0.29, 0.717) is 31.1 Å². The van der Waals surface area contributed by atoms with Crippen LogP contribution in [0.1, 0.15) is 51.0 Å². The Kier molecular flexibility index (Phi) is 5.15. The van der Waals surface area contributed by atoms with Gasteiger partial charge < -0.3 is 14.6 Å². The molecule has 2 aromatic rings. The van der Waals surface area contributed by atoms with Gasteiger partial charge in [-0.15, -0.1) is 0 Å². The monoisotopic (exact) mass is 362 g/mol. The SMILES string of the molecule is COc1cc(Cn2nc3n(c2=O)C(C(O)OC(C)(C)C)CCC3)ccn1. The summed E-state index contributed by atoms with van der Waals surface area (Å²) >= 11 is 0. The van der Waals surface area contributed by atoms with Crippen LogP contribution in [0.3, 0.4) is 0 Å². The first-order chi connectivity index (χ1) is 12.3. The van der Waals surface area contributed by atoms with Gasteiger partial charge >= 0.3 is 5.69 Å². The van der Waals surface area contributed by atoms with Crippen molar-refractivity contribution in [3.63, 3.8) is 0 Å². The van der Waals surface area contributed by atoms with Gasteiger partial charge in [0.15, 0.2) is 6.29 Å². The Morgan fingerprint density at radius 3 is 2.88 bits per heavy atom. The molecule has 0 radical (unpaired) electrons. The van der Waals surface area contributed by atoms with Gasteiger partial charge in [0, 0.05) is 18.7 Å². The van der Waals surface area contributed by atoms with E-state index < -0.39 is 17.9 Å². The smallest absolute Gasteiger partial charge is 0.346 e. The number of nitrogens with zero attached hydrogens (tertiary/aromatic N) is 4. The fourth-order valence-corrected chi connectivity index (χ4v) is 3.21. The van der Waals surface area contributed by atoms with Crippen LogP contribution in [-0.2, 0) is 17.7 Å². The van der Waals surface area contributed by atoms with Gasteiger partial charge in [-0.1, -0.05) is 0 Å². The lowest BCUT2D eigenvalue weighted by Crippen LogP contribution is -2.40. The van der Waals surface area contributed by atoms with Crippen molar-refractivity contribution in [3.8, 4) is 5.88 Å². The maximum atomic E-state index is 12.9. The molecule has 8 nitrogen and oxygen atoms in total. The van der Waals surface area contributed by atoms with E-state index in [0.717, 1.165) is 12.0 Å². The van der Waals surface area contributed by atoms with E-state index in [4.69, 9.17) is 9.47 Å². The molecule has 0 amide bonds. The Hall–Kier alpha value is -2.19. The second kappa shape index (κ2) is 7.20. The van der Waals surface area contributed by atoms with E-state index in [2.05, 4.69) is 10.1 Å². The fourth-order valence-electron chi connectivity index (χ4n) is 3.21. The van der Waals surface area contributed by atoms with Gasteiger partial charge in [-0.3, -0.25) is 4.57 Å². The number of aliphatic hydroxyl groups excluding tert-OH is 1. The highest BCUT2D eigenvalue weighted by Gasteiger charge is 2.33. The molecule has 26 heavy (non-hydrogen) atoms. The topological polar surface area (TPSA) is 91.4 Å². The molecule has 3 rings (SSSR count). The van der Waals surface area contributed by atoms with Crippen LogP contribution in [0.2, 0.25) is 0 Å². The van der Waals surface area contributed by atoms with Crippen LogP contribution < -0.4 is 10.4 Å².